The Bertz CT molecular complexity index is 1380. The van der Waals surface area contributed by atoms with E-state index in [0.29, 0.717) is 27.2 Å². The Hall–Kier alpha value is -4.00. The van der Waals surface area contributed by atoms with E-state index in [9.17, 15) is 18.8 Å². The zero-order valence-electron chi connectivity index (χ0n) is 20.9. The van der Waals surface area contributed by atoms with Crippen LogP contribution in [0.25, 0.3) is 0 Å². The summed E-state index contributed by atoms with van der Waals surface area (Å²) in [6.45, 7) is 5.81. The van der Waals surface area contributed by atoms with Gasteiger partial charge in [-0.05, 0) is 90.4 Å². The third-order valence-electron chi connectivity index (χ3n) is 5.27. The van der Waals surface area contributed by atoms with Gasteiger partial charge in [0.05, 0.1) is 22.1 Å². The number of para-hydroxylation sites is 1. The number of hydrogen-bond donors (Lipinski definition) is 3. The Kier molecular flexibility index (Phi) is 10.2. The lowest BCUT2D eigenvalue weighted by molar-refractivity contribution is -0.136. The molecule has 0 fully saturated rings. The SMILES string of the molecule is CCOc1cc(/C=N\NC(=O)C(=O)Nc2ccccc2F)cc(I)c1OCC(=O)Nc1cccc(C)c1C. The Morgan fingerprint density at radius 1 is 0.974 bits per heavy atom. The van der Waals surface area contributed by atoms with Gasteiger partial charge in [0.25, 0.3) is 5.91 Å². The Morgan fingerprint density at radius 2 is 1.71 bits per heavy atom. The lowest BCUT2D eigenvalue weighted by Gasteiger charge is -2.15. The average Bonchev–Trinajstić information content (AvgIpc) is 2.87. The number of benzene rings is 3. The molecule has 0 aliphatic carbocycles. The fraction of sp³-hybridized carbons (Fsp3) is 0.185. The molecule has 0 saturated heterocycles. The van der Waals surface area contributed by atoms with Gasteiger partial charge >= 0.3 is 11.8 Å². The molecule has 0 radical (unpaired) electrons. The molecular weight excluding hydrogens is 606 g/mol. The number of aryl methyl sites for hydroxylation is 1. The van der Waals surface area contributed by atoms with Crippen LogP contribution < -0.4 is 25.5 Å². The fourth-order valence-electron chi connectivity index (χ4n) is 3.23. The number of amides is 3. The summed E-state index contributed by atoms with van der Waals surface area (Å²) in [6.07, 6.45) is 1.32. The molecule has 0 spiro atoms. The third-order valence-corrected chi connectivity index (χ3v) is 6.07. The number of rotatable bonds is 9. The molecule has 0 aliphatic heterocycles. The minimum atomic E-state index is -1.07. The van der Waals surface area contributed by atoms with Crippen molar-refractivity contribution in [2.75, 3.05) is 23.8 Å². The summed E-state index contributed by atoms with van der Waals surface area (Å²) in [5, 5.41) is 8.81. The van der Waals surface area contributed by atoms with Crippen molar-refractivity contribution in [3.8, 4) is 11.5 Å². The summed E-state index contributed by atoms with van der Waals surface area (Å²) in [5.41, 5.74) is 5.28. The van der Waals surface area contributed by atoms with E-state index in [1.54, 1.807) is 19.1 Å². The number of carbonyl (C=O) groups is 3. The summed E-state index contributed by atoms with van der Waals surface area (Å²) < 4.78 is 25.8. The number of nitrogens with zero attached hydrogens (tertiary/aromatic N) is 1. The third kappa shape index (κ3) is 7.75. The number of hydrogen-bond acceptors (Lipinski definition) is 6. The van der Waals surface area contributed by atoms with Gasteiger partial charge in [-0.2, -0.15) is 5.10 Å². The van der Waals surface area contributed by atoms with Crippen molar-refractivity contribution < 1.29 is 28.2 Å². The zero-order valence-corrected chi connectivity index (χ0v) is 23.1. The molecule has 0 aromatic heterocycles. The first-order valence-electron chi connectivity index (χ1n) is 11.5. The molecular formula is C27H26FIN4O5. The van der Waals surface area contributed by atoms with Gasteiger partial charge in [0.15, 0.2) is 18.1 Å². The van der Waals surface area contributed by atoms with Gasteiger partial charge < -0.3 is 20.1 Å². The molecule has 0 bridgehead atoms. The summed E-state index contributed by atoms with van der Waals surface area (Å²) in [7, 11) is 0. The van der Waals surface area contributed by atoms with Gasteiger partial charge in [-0.25, -0.2) is 9.82 Å². The molecule has 0 unspecified atom stereocenters. The van der Waals surface area contributed by atoms with E-state index in [4.69, 9.17) is 9.47 Å². The second kappa shape index (κ2) is 13.5. The van der Waals surface area contributed by atoms with Gasteiger partial charge in [-0.1, -0.05) is 24.3 Å². The molecule has 11 heteroatoms. The summed E-state index contributed by atoms with van der Waals surface area (Å²) in [4.78, 5) is 36.5. The number of nitrogens with one attached hydrogen (secondary N) is 3. The van der Waals surface area contributed by atoms with E-state index in [1.165, 1.54) is 24.4 Å². The van der Waals surface area contributed by atoms with Crippen LogP contribution in [0.3, 0.4) is 0 Å². The summed E-state index contributed by atoms with van der Waals surface area (Å²) >= 11 is 2.04. The van der Waals surface area contributed by atoms with E-state index in [0.717, 1.165) is 22.9 Å². The number of anilines is 2. The first kappa shape index (κ1) is 28.6. The predicted octanol–water partition coefficient (Wildman–Crippen LogP) is 4.55. The fourth-order valence-corrected chi connectivity index (χ4v) is 4.01. The van der Waals surface area contributed by atoms with Crippen LogP contribution >= 0.6 is 22.6 Å². The van der Waals surface area contributed by atoms with Gasteiger partial charge in [0, 0.05) is 5.69 Å². The summed E-state index contributed by atoms with van der Waals surface area (Å²) in [6, 6.07) is 14.5. The highest BCUT2D eigenvalue weighted by molar-refractivity contribution is 14.1. The molecule has 0 atom stereocenters. The number of carbonyl (C=O) groups excluding carboxylic acids is 3. The molecule has 3 rings (SSSR count). The standard InChI is InChI=1S/C27H26FIN4O5/c1-4-37-23-13-18(14-30-33-27(36)26(35)32-22-10-6-5-9-19(22)28)12-20(29)25(23)38-15-24(34)31-21-11-7-8-16(2)17(21)3/h5-14H,4,15H2,1-3H3,(H,31,34)(H,32,35)(H,33,36)/b30-14-. The van der Waals surface area contributed by atoms with Crippen LogP contribution in [0.1, 0.15) is 23.6 Å². The summed E-state index contributed by atoms with van der Waals surface area (Å²) in [5.74, 6) is -2.36. The lowest BCUT2D eigenvalue weighted by Crippen LogP contribution is -2.32. The van der Waals surface area contributed by atoms with Crippen LogP contribution in [-0.2, 0) is 14.4 Å². The van der Waals surface area contributed by atoms with E-state index in [-0.39, 0.29) is 18.2 Å². The van der Waals surface area contributed by atoms with Crippen LogP contribution in [0.15, 0.2) is 59.7 Å². The molecule has 0 aliphatic rings. The quantitative estimate of drug-likeness (QED) is 0.139. The lowest BCUT2D eigenvalue weighted by atomic mass is 10.1. The molecule has 38 heavy (non-hydrogen) atoms. The van der Waals surface area contributed by atoms with Crippen LogP contribution in [0.2, 0.25) is 0 Å². The highest BCUT2D eigenvalue weighted by Gasteiger charge is 2.16. The minimum Gasteiger partial charge on any atom is -0.490 e. The zero-order chi connectivity index (χ0) is 27.7. The van der Waals surface area contributed by atoms with Gasteiger partial charge in [0.1, 0.15) is 5.82 Å². The van der Waals surface area contributed by atoms with E-state index >= 15 is 0 Å². The molecule has 3 amide bonds. The average molecular weight is 632 g/mol. The number of hydrazone groups is 1. The smallest absolute Gasteiger partial charge is 0.329 e. The van der Waals surface area contributed by atoms with Crippen molar-refractivity contribution in [3.63, 3.8) is 0 Å². The highest BCUT2D eigenvalue weighted by atomic mass is 127. The molecule has 198 valence electrons. The van der Waals surface area contributed by atoms with Gasteiger partial charge in [-0.15, -0.1) is 0 Å². The van der Waals surface area contributed by atoms with Crippen molar-refractivity contribution in [1.29, 1.82) is 0 Å². The predicted molar refractivity (Wildman–Crippen MR) is 151 cm³/mol. The maximum absolute atomic E-state index is 13.7. The second-order valence-corrected chi connectivity index (χ2v) is 9.14. The van der Waals surface area contributed by atoms with Gasteiger partial charge in [-0.3, -0.25) is 14.4 Å². The monoisotopic (exact) mass is 632 g/mol. The van der Waals surface area contributed by atoms with E-state index < -0.39 is 17.6 Å². The topological polar surface area (TPSA) is 118 Å². The molecule has 0 heterocycles. The van der Waals surface area contributed by atoms with Crippen LogP contribution in [-0.4, -0.2) is 37.1 Å². The van der Waals surface area contributed by atoms with Gasteiger partial charge in [0.2, 0.25) is 0 Å². The second-order valence-electron chi connectivity index (χ2n) is 7.98. The van der Waals surface area contributed by atoms with Crippen LogP contribution in [0.4, 0.5) is 15.8 Å². The normalized spacial score (nSPS) is 10.7. The van der Waals surface area contributed by atoms with E-state index in [1.807, 2.05) is 54.6 Å². The maximum atomic E-state index is 13.7. The molecule has 3 N–H and O–H groups in total. The first-order valence-corrected chi connectivity index (χ1v) is 12.6. The first-order chi connectivity index (χ1) is 18.2. The minimum absolute atomic E-state index is 0.120. The van der Waals surface area contributed by atoms with Crippen molar-refractivity contribution in [1.82, 2.24) is 5.43 Å². The largest absolute Gasteiger partial charge is 0.490 e. The maximum Gasteiger partial charge on any atom is 0.329 e. The number of halogens is 2. The van der Waals surface area contributed by atoms with Crippen LogP contribution in [0, 0.1) is 23.2 Å². The molecule has 3 aromatic rings. The Balaban J connectivity index is 1.63. The Labute approximate surface area is 232 Å². The van der Waals surface area contributed by atoms with Crippen LogP contribution in [0.5, 0.6) is 11.5 Å². The number of ether oxygens (including phenoxy) is 2. The van der Waals surface area contributed by atoms with Crippen molar-refractivity contribution >= 4 is 57.9 Å². The van der Waals surface area contributed by atoms with Crippen molar-refractivity contribution in [2.24, 2.45) is 5.10 Å². The molecule has 3 aromatic carbocycles. The van der Waals surface area contributed by atoms with Crippen molar-refractivity contribution in [2.45, 2.75) is 20.8 Å². The highest BCUT2D eigenvalue weighted by Crippen LogP contribution is 2.34. The molecule has 0 saturated carbocycles. The molecule has 9 nitrogen and oxygen atoms in total. The van der Waals surface area contributed by atoms with Crippen molar-refractivity contribution in [3.05, 3.63) is 80.7 Å². The van der Waals surface area contributed by atoms with E-state index in [2.05, 4.69) is 21.2 Å². The Morgan fingerprint density at radius 3 is 2.45 bits per heavy atom.